The van der Waals surface area contributed by atoms with Gasteiger partial charge in [-0.1, -0.05) is 29.8 Å². The predicted octanol–water partition coefficient (Wildman–Crippen LogP) is 4.97. The first kappa shape index (κ1) is 20.0. The second kappa shape index (κ2) is 9.48. The van der Waals surface area contributed by atoms with Crippen LogP contribution in [0.15, 0.2) is 54.1 Å². The van der Waals surface area contributed by atoms with Crippen LogP contribution in [0, 0.1) is 6.92 Å². The fourth-order valence-electron chi connectivity index (χ4n) is 2.52. The van der Waals surface area contributed by atoms with Crippen molar-refractivity contribution in [1.29, 1.82) is 0 Å². The van der Waals surface area contributed by atoms with E-state index in [-0.39, 0.29) is 11.9 Å². The fourth-order valence-corrected chi connectivity index (χ4v) is 3.23. The number of hydrogen-bond acceptors (Lipinski definition) is 5. The van der Waals surface area contributed by atoms with Crippen molar-refractivity contribution in [2.45, 2.75) is 26.5 Å². The van der Waals surface area contributed by atoms with Gasteiger partial charge < -0.3 is 10.1 Å². The quantitative estimate of drug-likeness (QED) is 0.555. The molecule has 2 aromatic heterocycles. The maximum Gasteiger partial charge on any atom is 0.244 e. The third-order valence-electron chi connectivity index (χ3n) is 3.93. The highest BCUT2D eigenvalue weighted by Gasteiger charge is 2.09. The number of amides is 1. The molecule has 28 heavy (non-hydrogen) atoms. The minimum atomic E-state index is -0.228. The van der Waals surface area contributed by atoms with Crippen molar-refractivity contribution in [1.82, 2.24) is 15.3 Å². The minimum absolute atomic E-state index is 0.214. The number of carbonyl (C=O) groups is 1. The van der Waals surface area contributed by atoms with Gasteiger partial charge in [0, 0.05) is 23.2 Å². The van der Waals surface area contributed by atoms with E-state index < -0.39 is 0 Å². The zero-order valence-electron chi connectivity index (χ0n) is 15.6. The molecule has 1 aromatic carbocycles. The zero-order chi connectivity index (χ0) is 19.9. The van der Waals surface area contributed by atoms with Gasteiger partial charge in [0.2, 0.25) is 5.91 Å². The summed E-state index contributed by atoms with van der Waals surface area (Å²) in [6, 6.07) is 10.9. The maximum absolute atomic E-state index is 12.3. The van der Waals surface area contributed by atoms with Gasteiger partial charge in [0.05, 0.1) is 27.5 Å². The number of nitrogens with one attached hydrogen (secondary N) is 1. The number of halogens is 1. The molecule has 0 radical (unpaired) electrons. The largest absolute Gasteiger partial charge is 0.487 e. The number of nitrogens with zero attached hydrogens (tertiary/aromatic N) is 2. The number of thiazole rings is 1. The van der Waals surface area contributed by atoms with Crippen LogP contribution in [0.1, 0.15) is 34.9 Å². The molecular weight excluding hydrogens is 394 g/mol. The lowest BCUT2D eigenvalue weighted by Crippen LogP contribution is -2.25. The highest BCUT2D eigenvalue weighted by atomic mass is 35.5. The molecule has 5 nitrogen and oxygen atoms in total. The average molecular weight is 414 g/mol. The molecule has 0 aliphatic rings. The number of rotatable bonds is 7. The van der Waals surface area contributed by atoms with Gasteiger partial charge in [0.25, 0.3) is 0 Å². The van der Waals surface area contributed by atoms with Crippen LogP contribution in [-0.4, -0.2) is 15.9 Å². The van der Waals surface area contributed by atoms with Crippen LogP contribution in [0.3, 0.4) is 0 Å². The van der Waals surface area contributed by atoms with Crippen LogP contribution in [0.5, 0.6) is 5.75 Å². The second-order valence-corrected chi connectivity index (χ2v) is 7.65. The van der Waals surface area contributed by atoms with Gasteiger partial charge in [0.1, 0.15) is 12.4 Å². The Labute approximate surface area is 173 Å². The van der Waals surface area contributed by atoms with E-state index in [1.807, 2.05) is 43.5 Å². The molecule has 0 unspecified atom stereocenters. The average Bonchev–Trinajstić information content (AvgIpc) is 3.11. The first-order valence-electron chi connectivity index (χ1n) is 8.74. The molecule has 2 heterocycles. The molecule has 0 fully saturated rings. The van der Waals surface area contributed by atoms with E-state index in [0.717, 1.165) is 22.0 Å². The molecule has 0 bridgehead atoms. The van der Waals surface area contributed by atoms with Crippen molar-refractivity contribution in [2.24, 2.45) is 0 Å². The molecule has 0 spiro atoms. The van der Waals surface area contributed by atoms with Gasteiger partial charge in [-0.15, -0.1) is 11.3 Å². The van der Waals surface area contributed by atoms with Gasteiger partial charge in [-0.25, -0.2) is 4.98 Å². The lowest BCUT2D eigenvalue weighted by Gasteiger charge is -2.12. The predicted molar refractivity (Wildman–Crippen MR) is 112 cm³/mol. The third-order valence-corrected chi connectivity index (χ3v) is 4.97. The van der Waals surface area contributed by atoms with E-state index in [4.69, 9.17) is 16.3 Å². The van der Waals surface area contributed by atoms with E-state index in [1.165, 1.54) is 6.08 Å². The summed E-state index contributed by atoms with van der Waals surface area (Å²) in [7, 11) is 0. The van der Waals surface area contributed by atoms with Gasteiger partial charge >= 0.3 is 0 Å². The molecule has 144 valence electrons. The molecule has 1 N–H and O–H groups in total. The van der Waals surface area contributed by atoms with Crippen LogP contribution in [0.25, 0.3) is 6.08 Å². The monoisotopic (exact) mass is 413 g/mol. The Morgan fingerprint density at radius 3 is 2.86 bits per heavy atom. The van der Waals surface area contributed by atoms with Crippen molar-refractivity contribution < 1.29 is 9.53 Å². The number of aryl methyl sites for hydroxylation is 1. The van der Waals surface area contributed by atoms with Crippen molar-refractivity contribution in [3.8, 4) is 5.75 Å². The maximum atomic E-state index is 12.3. The second-order valence-electron chi connectivity index (χ2n) is 6.15. The summed E-state index contributed by atoms with van der Waals surface area (Å²) in [4.78, 5) is 20.9. The highest BCUT2D eigenvalue weighted by molar-refractivity contribution is 7.09. The molecule has 0 saturated carbocycles. The van der Waals surface area contributed by atoms with Crippen LogP contribution >= 0.6 is 22.9 Å². The Hall–Kier alpha value is -2.70. The first-order chi connectivity index (χ1) is 13.5. The van der Waals surface area contributed by atoms with Gasteiger partial charge in [-0.2, -0.15) is 0 Å². The Bertz CT molecular complexity index is 970. The molecule has 0 saturated heterocycles. The number of pyridine rings is 1. The molecule has 3 rings (SSSR count). The summed E-state index contributed by atoms with van der Waals surface area (Å²) in [5.74, 6) is 0.485. The zero-order valence-corrected chi connectivity index (χ0v) is 17.1. The lowest BCUT2D eigenvalue weighted by molar-refractivity contribution is -0.117. The summed E-state index contributed by atoms with van der Waals surface area (Å²) in [5, 5.41) is 6.43. The smallest absolute Gasteiger partial charge is 0.244 e. The summed E-state index contributed by atoms with van der Waals surface area (Å²) in [6.45, 7) is 4.22. The van der Waals surface area contributed by atoms with Crippen LogP contribution in [-0.2, 0) is 11.4 Å². The molecule has 1 atom stereocenters. The lowest BCUT2D eigenvalue weighted by atomic mass is 10.1. The topological polar surface area (TPSA) is 64.1 Å². The third kappa shape index (κ3) is 5.65. The summed E-state index contributed by atoms with van der Waals surface area (Å²) in [6.07, 6.45) is 4.79. The molecule has 1 amide bonds. The number of benzene rings is 1. The van der Waals surface area contributed by atoms with Crippen LogP contribution in [0.2, 0.25) is 5.02 Å². The molecular formula is C21H20ClN3O2S. The summed E-state index contributed by atoms with van der Waals surface area (Å²) in [5.41, 5.74) is 2.46. The van der Waals surface area contributed by atoms with E-state index in [9.17, 15) is 4.79 Å². The summed E-state index contributed by atoms with van der Waals surface area (Å²) < 4.78 is 5.87. The molecule has 0 aliphatic carbocycles. The van der Waals surface area contributed by atoms with E-state index in [0.29, 0.717) is 17.4 Å². The Balaban J connectivity index is 1.61. The van der Waals surface area contributed by atoms with Gasteiger partial charge in [-0.3, -0.25) is 9.78 Å². The highest BCUT2D eigenvalue weighted by Crippen LogP contribution is 2.21. The SMILES string of the molecule is Cc1nc(COc2ccccc2/C=C/C(=O)N[C@H](C)c2ccc(Cl)cn2)cs1. The number of aromatic nitrogens is 2. The van der Waals surface area contributed by atoms with E-state index >= 15 is 0 Å². The van der Waals surface area contributed by atoms with Crippen molar-refractivity contribution in [2.75, 3.05) is 0 Å². The number of ether oxygens (including phenoxy) is 1. The molecule has 3 aromatic rings. The fraction of sp³-hybridized carbons (Fsp3) is 0.190. The minimum Gasteiger partial charge on any atom is -0.487 e. The van der Waals surface area contributed by atoms with E-state index in [2.05, 4.69) is 15.3 Å². The standard InChI is InChI=1S/C21H20ClN3O2S/c1-14(19-9-8-17(22)11-23-19)24-21(26)10-7-16-5-3-4-6-20(16)27-12-18-13-28-15(2)25-18/h3-11,13-14H,12H2,1-2H3,(H,24,26)/b10-7+/t14-/m1/s1. The summed E-state index contributed by atoms with van der Waals surface area (Å²) >= 11 is 7.44. The number of para-hydroxylation sites is 1. The normalized spacial score (nSPS) is 12.1. The number of carbonyl (C=O) groups excluding carboxylic acids is 1. The Morgan fingerprint density at radius 1 is 1.32 bits per heavy atom. The molecule has 0 aliphatic heterocycles. The van der Waals surface area contributed by atoms with Crippen molar-refractivity contribution in [3.63, 3.8) is 0 Å². The van der Waals surface area contributed by atoms with Crippen molar-refractivity contribution >= 4 is 34.9 Å². The Morgan fingerprint density at radius 2 is 2.14 bits per heavy atom. The van der Waals surface area contributed by atoms with E-state index in [1.54, 1.807) is 35.7 Å². The van der Waals surface area contributed by atoms with Gasteiger partial charge in [0.15, 0.2) is 0 Å². The van der Waals surface area contributed by atoms with Crippen LogP contribution < -0.4 is 10.1 Å². The molecule has 7 heteroatoms. The van der Waals surface area contributed by atoms with Crippen LogP contribution in [0.4, 0.5) is 0 Å². The Kier molecular flexibility index (Phi) is 6.79. The first-order valence-corrected chi connectivity index (χ1v) is 10.00. The number of hydrogen-bond donors (Lipinski definition) is 1. The van der Waals surface area contributed by atoms with Crippen molar-refractivity contribution in [3.05, 3.63) is 81.0 Å². The van der Waals surface area contributed by atoms with Gasteiger partial charge in [-0.05, 0) is 38.1 Å².